The fourth-order valence-corrected chi connectivity index (χ4v) is 4.93. The van der Waals surface area contributed by atoms with E-state index >= 15 is 0 Å². The molecule has 39 heavy (non-hydrogen) atoms. The fourth-order valence-electron chi connectivity index (χ4n) is 4.93. The Hall–Kier alpha value is -3.67. The van der Waals surface area contributed by atoms with Crippen LogP contribution < -0.4 is 10.1 Å². The lowest BCUT2D eigenvalue weighted by atomic mass is 10.0. The maximum absolute atomic E-state index is 13.6. The maximum Gasteiger partial charge on any atom is 0.416 e. The molecular weight excluding hydrogens is 515 g/mol. The highest BCUT2D eigenvalue weighted by Gasteiger charge is 2.35. The molecule has 208 valence electrons. The van der Waals surface area contributed by atoms with E-state index in [0.29, 0.717) is 42.3 Å². The van der Waals surface area contributed by atoms with Gasteiger partial charge in [-0.05, 0) is 49.8 Å². The molecule has 12 heteroatoms. The number of fused-ring (bicyclic) bond motifs is 1. The maximum atomic E-state index is 13.6. The minimum absolute atomic E-state index is 0.0155. The summed E-state index contributed by atoms with van der Waals surface area (Å²) < 4.78 is 51.7. The van der Waals surface area contributed by atoms with Crippen molar-refractivity contribution in [1.29, 1.82) is 0 Å². The molecule has 2 aromatic heterocycles. The number of nitrogens with zero attached hydrogens (tertiary/aromatic N) is 3. The first kappa shape index (κ1) is 26.9. The lowest BCUT2D eigenvalue weighted by molar-refractivity contribution is -0.137. The summed E-state index contributed by atoms with van der Waals surface area (Å²) >= 11 is 0. The number of H-pyrrole nitrogens is 1. The summed E-state index contributed by atoms with van der Waals surface area (Å²) in [6.45, 7) is 4.87. The van der Waals surface area contributed by atoms with Gasteiger partial charge in [0.25, 0.3) is 5.91 Å². The third kappa shape index (κ3) is 5.56. The first-order valence-electron chi connectivity index (χ1n) is 12.8. The number of carbonyl (C=O) groups is 2. The van der Waals surface area contributed by atoms with Crippen LogP contribution in [0.4, 0.5) is 13.2 Å². The van der Waals surface area contributed by atoms with Crippen LogP contribution in [0.2, 0.25) is 0 Å². The van der Waals surface area contributed by atoms with Gasteiger partial charge in [0.2, 0.25) is 5.91 Å². The van der Waals surface area contributed by atoms with Crippen LogP contribution in [0.5, 0.6) is 5.75 Å². The average Bonchev–Trinajstić information content (AvgIpc) is 3.55. The van der Waals surface area contributed by atoms with Gasteiger partial charge in [0.1, 0.15) is 29.9 Å². The summed E-state index contributed by atoms with van der Waals surface area (Å²) in [6.07, 6.45) is -1.26. The van der Waals surface area contributed by atoms with Crippen LogP contribution in [0.15, 0.2) is 24.5 Å². The van der Waals surface area contributed by atoms with Gasteiger partial charge >= 0.3 is 6.18 Å². The van der Waals surface area contributed by atoms with Crippen molar-refractivity contribution in [2.45, 2.75) is 38.9 Å². The summed E-state index contributed by atoms with van der Waals surface area (Å²) in [5.41, 5.74) is 0.953. The summed E-state index contributed by atoms with van der Waals surface area (Å²) in [5, 5.41) is 3.00. The van der Waals surface area contributed by atoms with Crippen molar-refractivity contribution < 1.29 is 32.2 Å². The second kappa shape index (κ2) is 10.5. The number of hydrogen-bond donors (Lipinski definition) is 2. The number of alkyl halides is 3. The Bertz CT molecular complexity index is 1400. The Kier molecular flexibility index (Phi) is 7.23. The van der Waals surface area contributed by atoms with Crippen LogP contribution in [0.3, 0.4) is 0 Å². The molecule has 3 aromatic rings. The van der Waals surface area contributed by atoms with Gasteiger partial charge in [-0.15, -0.1) is 0 Å². The lowest BCUT2D eigenvalue weighted by Gasteiger charge is -2.17. The van der Waals surface area contributed by atoms with Gasteiger partial charge in [0, 0.05) is 31.5 Å². The third-order valence-corrected chi connectivity index (χ3v) is 7.28. The zero-order chi connectivity index (χ0) is 27.9. The highest BCUT2D eigenvalue weighted by Crippen LogP contribution is 2.40. The average molecular weight is 546 g/mol. The van der Waals surface area contributed by atoms with Crippen LogP contribution in [0.1, 0.15) is 41.4 Å². The number of aromatic nitrogens is 3. The molecule has 0 unspecified atom stereocenters. The molecule has 2 aliphatic rings. The smallest absolute Gasteiger partial charge is 0.416 e. The molecule has 9 nitrogen and oxygen atoms in total. The molecule has 1 aromatic carbocycles. The zero-order valence-electron chi connectivity index (χ0n) is 21.9. The SMILES string of the molecule is COCC(=O)N1C[C@@H](C)[C@H](NC(=O)c2c(C)[nH]c3c(-c4cc(C(F)(F)F)ccc4OCC4CC4)ncnc23)C1. The zero-order valence-corrected chi connectivity index (χ0v) is 21.9. The Morgan fingerprint density at radius 3 is 2.67 bits per heavy atom. The van der Waals surface area contributed by atoms with E-state index in [1.807, 2.05) is 6.92 Å². The van der Waals surface area contributed by atoms with Crippen LogP contribution >= 0.6 is 0 Å². The molecule has 2 fully saturated rings. The third-order valence-electron chi connectivity index (χ3n) is 7.28. The van der Waals surface area contributed by atoms with Gasteiger partial charge in [0.05, 0.1) is 29.3 Å². The number of benzene rings is 1. The molecule has 0 bridgehead atoms. The Balaban J connectivity index is 1.48. The van der Waals surface area contributed by atoms with E-state index in [-0.39, 0.29) is 47.0 Å². The summed E-state index contributed by atoms with van der Waals surface area (Å²) in [7, 11) is 1.45. The van der Waals surface area contributed by atoms with Crippen LogP contribution in [-0.4, -0.2) is 71.1 Å². The number of aromatic amines is 1. The first-order valence-corrected chi connectivity index (χ1v) is 12.8. The van der Waals surface area contributed by atoms with Crippen LogP contribution in [0, 0.1) is 18.8 Å². The number of aryl methyl sites for hydroxylation is 1. The first-order chi connectivity index (χ1) is 18.6. The molecule has 1 saturated heterocycles. The summed E-state index contributed by atoms with van der Waals surface area (Å²) in [6, 6.07) is 3.04. The van der Waals surface area contributed by atoms with E-state index in [0.717, 1.165) is 25.0 Å². The van der Waals surface area contributed by atoms with E-state index in [1.165, 1.54) is 19.5 Å². The van der Waals surface area contributed by atoms with Gasteiger partial charge in [0.15, 0.2) is 0 Å². The summed E-state index contributed by atoms with van der Waals surface area (Å²) in [4.78, 5) is 39.0. The van der Waals surface area contributed by atoms with Crippen molar-refractivity contribution in [1.82, 2.24) is 25.2 Å². The Labute approximate surface area is 223 Å². The molecule has 1 aliphatic heterocycles. The van der Waals surface area contributed by atoms with Crippen molar-refractivity contribution in [2.75, 3.05) is 33.4 Å². The van der Waals surface area contributed by atoms with Crippen molar-refractivity contribution in [3.05, 3.63) is 41.3 Å². The minimum atomic E-state index is -4.55. The van der Waals surface area contributed by atoms with Crippen LogP contribution in [0.25, 0.3) is 22.3 Å². The molecule has 0 radical (unpaired) electrons. The quantitative estimate of drug-likeness (QED) is 0.444. The molecular formula is C27H30F3N5O4. The minimum Gasteiger partial charge on any atom is -0.493 e. The molecule has 1 saturated carbocycles. The Morgan fingerprint density at radius 1 is 1.21 bits per heavy atom. The standard InChI is InChI=1S/C27H30F3N5O4/c1-14-9-35(21(36)12-38-3)10-19(14)34-26(37)22-15(2)33-25-23(31-13-32-24(22)25)18-8-17(27(28,29)30)6-7-20(18)39-11-16-4-5-16/h6-8,13-14,16,19,33H,4-5,9-12H2,1-3H3,(H,34,37)/t14-,19-/m1/s1. The van der Waals surface area contributed by atoms with Crippen molar-refractivity contribution in [3.63, 3.8) is 0 Å². The van der Waals surface area contributed by atoms with Crippen LogP contribution in [-0.2, 0) is 15.7 Å². The van der Waals surface area contributed by atoms with E-state index in [9.17, 15) is 22.8 Å². The van der Waals surface area contributed by atoms with E-state index in [1.54, 1.807) is 11.8 Å². The van der Waals surface area contributed by atoms with Crippen molar-refractivity contribution in [2.24, 2.45) is 11.8 Å². The number of ether oxygens (including phenoxy) is 2. The number of hydrogen-bond acceptors (Lipinski definition) is 6. The Morgan fingerprint density at radius 2 is 1.97 bits per heavy atom. The molecule has 3 heterocycles. The molecule has 2 N–H and O–H groups in total. The number of carbonyl (C=O) groups excluding carboxylic acids is 2. The molecule has 5 rings (SSSR count). The monoisotopic (exact) mass is 545 g/mol. The number of likely N-dealkylation sites (tertiary alicyclic amines) is 1. The van der Waals surface area contributed by atoms with Gasteiger partial charge in [-0.2, -0.15) is 13.2 Å². The predicted octanol–water partition coefficient (Wildman–Crippen LogP) is 3.96. The topological polar surface area (TPSA) is 109 Å². The largest absolute Gasteiger partial charge is 0.493 e. The van der Waals surface area contributed by atoms with Gasteiger partial charge in [-0.3, -0.25) is 9.59 Å². The van der Waals surface area contributed by atoms with E-state index in [2.05, 4.69) is 20.3 Å². The number of amides is 2. The lowest BCUT2D eigenvalue weighted by Crippen LogP contribution is -2.41. The van der Waals surface area contributed by atoms with Crippen molar-refractivity contribution in [3.8, 4) is 17.0 Å². The second-order valence-corrected chi connectivity index (χ2v) is 10.3. The summed E-state index contributed by atoms with van der Waals surface area (Å²) in [5.74, 6) is 0.154. The van der Waals surface area contributed by atoms with E-state index < -0.39 is 17.6 Å². The molecule has 1 aliphatic carbocycles. The number of halogens is 3. The highest BCUT2D eigenvalue weighted by molar-refractivity contribution is 6.09. The molecule has 0 spiro atoms. The molecule has 2 amide bonds. The predicted molar refractivity (Wildman–Crippen MR) is 136 cm³/mol. The van der Waals surface area contributed by atoms with Gasteiger partial charge in [-0.1, -0.05) is 6.92 Å². The number of rotatable bonds is 8. The van der Waals surface area contributed by atoms with Gasteiger partial charge in [-0.25, -0.2) is 9.97 Å². The van der Waals surface area contributed by atoms with Gasteiger partial charge < -0.3 is 24.7 Å². The van der Waals surface area contributed by atoms with Crippen molar-refractivity contribution >= 4 is 22.8 Å². The second-order valence-electron chi connectivity index (χ2n) is 10.3. The molecule has 2 atom stereocenters. The normalized spacial score (nSPS) is 19.5. The fraction of sp³-hybridized carbons (Fsp3) is 0.481. The number of methoxy groups -OCH3 is 1. The van der Waals surface area contributed by atoms with E-state index in [4.69, 9.17) is 9.47 Å². The highest BCUT2D eigenvalue weighted by atomic mass is 19.4. The number of nitrogens with one attached hydrogen (secondary N) is 2.